The first-order valence-electron chi connectivity index (χ1n) is 8.57. The Balaban J connectivity index is 1.98. The van der Waals surface area contributed by atoms with E-state index in [2.05, 4.69) is 31.4 Å². The number of amides is 2. The van der Waals surface area contributed by atoms with Gasteiger partial charge < -0.3 is 10.6 Å². The third kappa shape index (κ3) is 5.36. The molecule has 1 unspecified atom stereocenters. The number of hydrogen-bond donors (Lipinski definition) is 2. The second-order valence-corrected chi connectivity index (χ2v) is 8.12. The van der Waals surface area contributed by atoms with Crippen LogP contribution in [-0.2, 0) is 10.2 Å². The molecule has 0 fully saturated rings. The van der Waals surface area contributed by atoms with Gasteiger partial charge in [-0.25, -0.2) is 0 Å². The SMILES string of the molecule is CSc1cccc(NC(=O)C(C)NC(=O)c2ccc(C(C)(C)C)cc2)c1. The molecule has 4 nitrogen and oxygen atoms in total. The number of rotatable bonds is 5. The van der Waals surface area contributed by atoms with E-state index in [-0.39, 0.29) is 17.2 Å². The molecule has 0 aliphatic rings. The molecule has 2 N–H and O–H groups in total. The van der Waals surface area contributed by atoms with E-state index in [1.165, 1.54) is 0 Å². The third-order valence-corrected chi connectivity index (χ3v) is 4.82. The fraction of sp³-hybridized carbons (Fsp3) is 0.333. The standard InChI is InChI=1S/C21H26N2O2S/c1-14(19(24)23-17-7-6-8-18(13-17)26-5)22-20(25)15-9-11-16(12-10-15)21(2,3)4/h6-14H,1-5H3,(H,22,25)(H,23,24). The second kappa shape index (κ2) is 8.41. The summed E-state index contributed by atoms with van der Waals surface area (Å²) < 4.78 is 0. The molecular weight excluding hydrogens is 344 g/mol. The van der Waals surface area contributed by atoms with E-state index >= 15 is 0 Å². The average molecular weight is 371 g/mol. The zero-order valence-corrected chi connectivity index (χ0v) is 16.7. The minimum atomic E-state index is -0.636. The molecule has 1 atom stereocenters. The first kappa shape index (κ1) is 20.0. The fourth-order valence-electron chi connectivity index (χ4n) is 2.42. The molecule has 2 aromatic rings. The number of thioether (sulfide) groups is 1. The number of carbonyl (C=O) groups excluding carboxylic acids is 2. The normalized spacial score (nSPS) is 12.3. The predicted molar refractivity (Wildman–Crippen MR) is 109 cm³/mol. The van der Waals surface area contributed by atoms with Gasteiger partial charge in [0.05, 0.1) is 0 Å². The first-order chi connectivity index (χ1) is 12.2. The van der Waals surface area contributed by atoms with Gasteiger partial charge in [-0.2, -0.15) is 0 Å². The van der Waals surface area contributed by atoms with Crippen LogP contribution in [-0.4, -0.2) is 24.1 Å². The third-order valence-electron chi connectivity index (χ3n) is 4.09. The topological polar surface area (TPSA) is 58.2 Å². The monoisotopic (exact) mass is 370 g/mol. The molecule has 0 aliphatic heterocycles. The summed E-state index contributed by atoms with van der Waals surface area (Å²) in [7, 11) is 0. The quantitative estimate of drug-likeness (QED) is 0.764. The molecule has 0 aliphatic carbocycles. The first-order valence-corrected chi connectivity index (χ1v) is 9.79. The lowest BCUT2D eigenvalue weighted by Crippen LogP contribution is -2.41. The van der Waals surface area contributed by atoms with Crippen LogP contribution in [0.2, 0.25) is 0 Å². The predicted octanol–water partition coefficient (Wildman–Crippen LogP) is 4.46. The molecule has 0 saturated heterocycles. The van der Waals surface area contributed by atoms with E-state index < -0.39 is 6.04 Å². The van der Waals surface area contributed by atoms with Crippen molar-refractivity contribution in [1.29, 1.82) is 0 Å². The zero-order valence-electron chi connectivity index (χ0n) is 15.9. The van der Waals surface area contributed by atoms with Gasteiger partial charge in [0.25, 0.3) is 5.91 Å². The van der Waals surface area contributed by atoms with Crippen molar-refractivity contribution >= 4 is 29.3 Å². The molecule has 0 aromatic heterocycles. The highest BCUT2D eigenvalue weighted by Gasteiger charge is 2.18. The Kier molecular flexibility index (Phi) is 6.48. The Morgan fingerprint density at radius 3 is 2.27 bits per heavy atom. The van der Waals surface area contributed by atoms with Crippen LogP contribution >= 0.6 is 11.8 Å². The summed E-state index contributed by atoms with van der Waals surface area (Å²) in [5.74, 6) is -0.506. The molecule has 2 aromatic carbocycles. The zero-order chi connectivity index (χ0) is 19.3. The van der Waals surface area contributed by atoms with Crippen LogP contribution in [0.4, 0.5) is 5.69 Å². The molecule has 0 heterocycles. The number of carbonyl (C=O) groups is 2. The maximum atomic E-state index is 12.4. The lowest BCUT2D eigenvalue weighted by molar-refractivity contribution is -0.117. The van der Waals surface area contributed by atoms with Gasteiger partial charge in [0.2, 0.25) is 5.91 Å². The van der Waals surface area contributed by atoms with Crippen LogP contribution in [0, 0.1) is 0 Å². The van der Waals surface area contributed by atoms with Gasteiger partial charge in [0.15, 0.2) is 0 Å². The second-order valence-electron chi connectivity index (χ2n) is 7.24. The van der Waals surface area contributed by atoms with Gasteiger partial charge in [-0.15, -0.1) is 11.8 Å². The van der Waals surface area contributed by atoms with E-state index in [4.69, 9.17) is 0 Å². The smallest absolute Gasteiger partial charge is 0.251 e. The van der Waals surface area contributed by atoms with Crippen molar-refractivity contribution in [3.8, 4) is 0 Å². The van der Waals surface area contributed by atoms with Gasteiger partial charge in [-0.1, -0.05) is 39.0 Å². The van der Waals surface area contributed by atoms with E-state index in [0.29, 0.717) is 5.56 Å². The van der Waals surface area contributed by atoms with Crippen LogP contribution in [0.5, 0.6) is 0 Å². The Bertz CT molecular complexity index is 779. The van der Waals surface area contributed by atoms with E-state index in [0.717, 1.165) is 16.1 Å². The summed E-state index contributed by atoms with van der Waals surface area (Å²) in [6.07, 6.45) is 1.98. The van der Waals surface area contributed by atoms with Crippen molar-refractivity contribution < 1.29 is 9.59 Å². The Hall–Kier alpha value is -2.27. The van der Waals surface area contributed by atoms with Crippen molar-refractivity contribution in [1.82, 2.24) is 5.32 Å². The van der Waals surface area contributed by atoms with Gasteiger partial charge in [-0.05, 0) is 54.5 Å². The highest BCUT2D eigenvalue weighted by molar-refractivity contribution is 7.98. The van der Waals surface area contributed by atoms with E-state index in [9.17, 15) is 9.59 Å². The number of benzene rings is 2. The molecule has 2 rings (SSSR count). The van der Waals surface area contributed by atoms with Gasteiger partial charge in [0, 0.05) is 16.1 Å². The maximum absolute atomic E-state index is 12.4. The summed E-state index contributed by atoms with van der Waals surface area (Å²) in [5, 5.41) is 5.58. The molecule has 0 radical (unpaired) electrons. The molecule has 0 saturated carbocycles. The summed E-state index contributed by atoms with van der Waals surface area (Å²) >= 11 is 1.61. The fourth-order valence-corrected chi connectivity index (χ4v) is 2.88. The molecule has 138 valence electrons. The number of hydrogen-bond acceptors (Lipinski definition) is 3. The van der Waals surface area contributed by atoms with Crippen LogP contribution in [0.25, 0.3) is 0 Å². The summed E-state index contributed by atoms with van der Waals surface area (Å²) in [4.78, 5) is 25.8. The maximum Gasteiger partial charge on any atom is 0.251 e. The Morgan fingerprint density at radius 1 is 1.04 bits per heavy atom. The van der Waals surface area contributed by atoms with Crippen molar-refractivity contribution in [3.05, 3.63) is 59.7 Å². The van der Waals surface area contributed by atoms with Crippen molar-refractivity contribution in [2.45, 2.75) is 44.0 Å². The van der Waals surface area contributed by atoms with Crippen molar-refractivity contribution in [2.75, 3.05) is 11.6 Å². The van der Waals surface area contributed by atoms with Crippen LogP contribution < -0.4 is 10.6 Å². The average Bonchev–Trinajstić information content (AvgIpc) is 2.61. The summed E-state index contributed by atoms with van der Waals surface area (Å²) in [6, 6.07) is 14.5. The minimum absolute atomic E-state index is 0.0352. The lowest BCUT2D eigenvalue weighted by Gasteiger charge is -2.19. The molecule has 0 spiro atoms. The van der Waals surface area contributed by atoms with Gasteiger partial charge in [0.1, 0.15) is 6.04 Å². The Labute approximate surface area is 159 Å². The van der Waals surface area contributed by atoms with Crippen molar-refractivity contribution in [2.24, 2.45) is 0 Å². The minimum Gasteiger partial charge on any atom is -0.341 e. The summed E-state index contributed by atoms with van der Waals surface area (Å²) in [5.41, 5.74) is 2.46. The largest absolute Gasteiger partial charge is 0.341 e. The molecule has 0 bridgehead atoms. The number of anilines is 1. The number of nitrogens with one attached hydrogen (secondary N) is 2. The molecule has 2 amide bonds. The van der Waals surface area contributed by atoms with Crippen LogP contribution in [0.3, 0.4) is 0 Å². The van der Waals surface area contributed by atoms with E-state index in [1.807, 2.05) is 42.7 Å². The molecular formula is C21H26N2O2S. The van der Waals surface area contributed by atoms with Gasteiger partial charge in [-0.3, -0.25) is 9.59 Å². The highest BCUT2D eigenvalue weighted by Crippen LogP contribution is 2.22. The molecule has 26 heavy (non-hydrogen) atoms. The lowest BCUT2D eigenvalue weighted by atomic mass is 9.86. The molecule has 5 heteroatoms. The van der Waals surface area contributed by atoms with E-state index in [1.54, 1.807) is 30.8 Å². The van der Waals surface area contributed by atoms with Crippen molar-refractivity contribution in [3.63, 3.8) is 0 Å². The Morgan fingerprint density at radius 2 is 1.69 bits per heavy atom. The summed E-state index contributed by atoms with van der Waals surface area (Å²) in [6.45, 7) is 8.05. The van der Waals surface area contributed by atoms with Crippen LogP contribution in [0.15, 0.2) is 53.4 Å². The van der Waals surface area contributed by atoms with Crippen LogP contribution in [0.1, 0.15) is 43.6 Å². The van der Waals surface area contributed by atoms with Gasteiger partial charge >= 0.3 is 0 Å². The highest BCUT2D eigenvalue weighted by atomic mass is 32.2.